The molecule has 4 nitrogen and oxygen atoms in total. The Morgan fingerprint density at radius 2 is 1.82 bits per heavy atom. The topological polar surface area (TPSA) is 46.1 Å². The molecule has 1 aromatic carbocycles. The SMILES string of the molecule is O=C(CSc1ccc(-c2ccc(Cl)cc2)nn1)N1CCCC1. The third-order valence-electron chi connectivity index (χ3n) is 3.58. The van der Waals surface area contributed by atoms with Crippen LogP contribution in [0.5, 0.6) is 0 Å². The molecule has 22 heavy (non-hydrogen) atoms. The lowest BCUT2D eigenvalue weighted by molar-refractivity contribution is -0.127. The average Bonchev–Trinajstić information content (AvgIpc) is 3.08. The van der Waals surface area contributed by atoms with E-state index in [4.69, 9.17) is 11.6 Å². The molecule has 1 aliphatic rings. The van der Waals surface area contributed by atoms with E-state index in [9.17, 15) is 4.79 Å². The second-order valence-electron chi connectivity index (χ2n) is 5.14. The summed E-state index contributed by atoms with van der Waals surface area (Å²) in [6, 6.07) is 11.3. The number of amides is 1. The highest BCUT2D eigenvalue weighted by molar-refractivity contribution is 7.99. The number of hydrogen-bond donors (Lipinski definition) is 0. The number of hydrogen-bond acceptors (Lipinski definition) is 4. The Labute approximate surface area is 138 Å². The van der Waals surface area contributed by atoms with Gasteiger partial charge in [-0.15, -0.1) is 10.2 Å². The van der Waals surface area contributed by atoms with Gasteiger partial charge in [-0.25, -0.2) is 0 Å². The van der Waals surface area contributed by atoms with Gasteiger partial charge in [-0.2, -0.15) is 0 Å². The highest BCUT2D eigenvalue weighted by Gasteiger charge is 2.17. The highest BCUT2D eigenvalue weighted by atomic mass is 35.5. The quantitative estimate of drug-likeness (QED) is 0.803. The second kappa shape index (κ2) is 7.11. The lowest BCUT2D eigenvalue weighted by Gasteiger charge is -2.14. The normalized spacial score (nSPS) is 14.3. The smallest absolute Gasteiger partial charge is 0.232 e. The van der Waals surface area contributed by atoms with E-state index in [0.717, 1.165) is 42.2 Å². The lowest BCUT2D eigenvalue weighted by atomic mass is 10.1. The molecule has 0 atom stereocenters. The van der Waals surface area contributed by atoms with E-state index in [1.54, 1.807) is 0 Å². The van der Waals surface area contributed by atoms with Crippen LogP contribution in [0.3, 0.4) is 0 Å². The van der Waals surface area contributed by atoms with Gasteiger partial charge in [0.1, 0.15) is 5.03 Å². The van der Waals surface area contributed by atoms with Crippen molar-refractivity contribution >= 4 is 29.3 Å². The van der Waals surface area contributed by atoms with Crippen molar-refractivity contribution in [1.29, 1.82) is 0 Å². The summed E-state index contributed by atoms with van der Waals surface area (Å²) in [6.07, 6.45) is 2.23. The molecule has 1 fully saturated rings. The van der Waals surface area contributed by atoms with Gasteiger partial charge in [0.25, 0.3) is 0 Å². The first-order valence-corrected chi connectivity index (χ1v) is 8.59. The Bertz CT molecular complexity index is 639. The van der Waals surface area contributed by atoms with Gasteiger partial charge < -0.3 is 4.90 Å². The number of halogens is 1. The predicted molar refractivity (Wildman–Crippen MR) is 89.0 cm³/mol. The molecular formula is C16H16ClN3OS. The minimum absolute atomic E-state index is 0.186. The first-order valence-electron chi connectivity index (χ1n) is 7.22. The maximum Gasteiger partial charge on any atom is 0.232 e. The maximum absolute atomic E-state index is 12.0. The number of benzene rings is 1. The van der Waals surface area contributed by atoms with Crippen LogP contribution in [0, 0.1) is 0 Å². The summed E-state index contributed by atoms with van der Waals surface area (Å²) in [4.78, 5) is 13.9. The summed E-state index contributed by atoms with van der Waals surface area (Å²) in [6.45, 7) is 1.78. The molecule has 1 aromatic heterocycles. The van der Waals surface area contributed by atoms with Crippen LogP contribution in [0.15, 0.2) is 41.4 Å². The average molecular weight is 334 g/mol. The number of aromatic nitrogens is 2. The minimum atomic E-state index is 0.186. The Hall–Kier alpha value is -1.59. The van der Waals surface area contributed by atoms with Crippen molar-refractivity contribution in [1.82, 2.24) is 15.1 Å². The highest BCUT2D eigenvalue weighted by Crippen LogP contribution is 2.22. The van der Waals surface area contributed by atoms with E-state index in [1.165, 1.54) is 11.8 Å². The summed E-state index contributed by atoms with van der Waals surface area (Å²) in [5.41, 5.74) is 1.77. The molecule has 114 valence electrons. The molecule has 1 saturated heterocycles. The van der Waals surface area contributed by atoms with Crippen LogP contribution in [-0.4, -0.2) is 39.8 Å². The molecule has 3 rings (SSSR count). The first-order chi connectivity index (χ1) is 10.7. The van der Waals surface area contributed by atoms with Crippen molar-refractivity contribution in [2.24, 2.45) is 0 Å². The molecule has 2 aromatic rings. The van der Waals surface area contributed by atoms with Crippen LogP contribution >= 0.6 is 23.4 Å². The fourth-order valence-electron chi connectivity index (χ4n) is 2.37. The Morgan fingerprint density at radius 1 is 1.09 bits per heavy atom. The van der Waals surface area contributed by atoms with Crippen molar-refractivity contribution in [2.75, 3.05) is 18.8 Å². The standard InChI is InChI=1S/C16H16ClN3OS/c17-13-5-3-12(4-6-13)14-7-8-15(19-18-14)22-11-16(21)20-9-1-2-10-20/h3-8H,1-2,9-11H2. The van der Waals surface area contributed by atoms with Crippen molar-refractivity contribution in [3.63, 3.8) is 0 Å². The van der Waals surface area contributed by atoms with E-state index in [2.05, 4.69) is 10.2 Å². The number of nitrogens with zero attached hydrogens (tertiary/aromatic N) is 3. The number of likely N-dealkylation sites (tertiary alicyclic amines) is 1. The molecule has 0 saturated carbocycles. The monoisotopic (exact) mass is 333 g/mol. The van der Waals surface area contributed by atoms with Gasteiger partial charge in [0.05, 0.1) is 11.4 Å². The molecule has 1 aliphatic heterocycles. The summed E-state index contributed by atoms with van der Waals surface area (Å²) >= 11 is 7.31. The van der Waals surface area contributed by atoms with Crippen molar-refractivity contribution in [3.8, 4) is 11.3 Å². The summed E-state index contributed by atoms with van der Waals surface area (Å²) in [5, 5.41) is 9.87. The van der Waals surface area contributed by atoms with Gasteiger partial charge >= 0.3 is 0 Å². The van der Waals surface area contributed by atoms with Crippen LogP contribution in [0.25, 0.3) is 11.3 Å². The van der Waals surface area contributed by atoms with Crippen LogP contribution in [0.4, 0.5) is 0 Å². The number of carbonyl (C=O) groups excluding carboxylic acids is 1. The lowest BCUT2D eigenvalue weighted by Crippen LogP contribution is -2.29. The van der Waals surface area contributed by atoms with Crippen LogP contribution in [0.1, 0.15) is 12.8 Å². The third-order valence-corrected chi connectivity index (χ3v) is 4.74. The zero-order valence-electron chi connectivity index (χ0n) is 12.0. The maximum atomic E-state index is 12.0. The molecule has 2 heterocycles. The minimum Gasteiger partial charge on any atom is -0.342 e. The van der Waals surface area contributed by atoms with Crippen LogP contribution in [-0.2, 0) is 4.79 Å². The van der Waals surface area contributed by atoms with Gasteiger partial charge in [-0.05, 0) is 37.1 Å². The zero-order chi connectivity index (χ0) is 15.4. The van der Waals surface area contributed by atoms with Crippen molar-refractivity contribution < 1.29 is 4.79 Å². The Balaban J connectivity index is 1.59. The predicted octanol–water partition coefficient (Wildman–Crippen LogP) is 3.51. The fraction of sp³-hybridized carbons (Fsp3) is 0.312. The zero-order valence-corrected chi connectivity index (χ0v) is 13.6. The third kappa shape index (κ3) is 3.78. The van der Waals surface area contributed by atoms with Crippen LogP contribution < -0.4 is 0 Å². The van der Waals surface area contributed by atoms with Gasteiger partial charge in [-0.1, -0.05) is 35.5 Å². The van der Waals surface area contributed by atoms with Crippen molar-refractivity contribution in [3.05, 3.63) is 41.4 Å². The number of carbonyl (C=O) groups is 1. The van der Waals surface area contributed by atoms with E-state index in [0.29, 0.717) is 10.8 Å². The van der Waals surface area contributed by atoms with Gasteiger partial charge in [-0.3, -0.25) is 4.79 Å². The molecule has 0 spiro atoms. The largest absolute Gasteiger partial charge is 0.342 e. The number of thioether (sulfide) groups is 1. The van der Waals surface area contributed by atoms with E-state index in [-0.39, 0.29) is 5.91 Å². The van der Waals surface area contributed by atoms with Crippen molar-refractivity contribution in [2.45, 2.75) is 17.9 Å². The van der Waals surface area contributed by atoms with Crippen LogP contribution in [0.2, 0.25) is 5.02 Å². The molecule has 1 amide bonds. The first kappa shape index (κ1) is 15.3. The summed E-state index contributed by atoms with van der Waals surface area (Å²) < 4.78 is 0. The molecule has 0 N–H and O–H groups in total. The molecule has 0 radical (unpaired) electrons. The van der Waals surface area contributed by atoms with E-state index < -0.39 is 0 Å². The second-order valence-corrected chi connectivity index (χ2v) is 6.57. The molecule has 0 bridgehead atoms. The van der Waals surface area contributed by atoms with Gasteiger partial charge in [0.15, 0.2) is 0 Å². The molecule has 0 aliphatic carbocycles. The van der Waals surface area contributed by atoms with Gasteiger partial charge in [0.2, 0.25) is 5.91 Å². The Kier molecular flexibility index (Phi) is 4.95. The van der Waals surface area contributed by atoms with Gasteiger partial charge in [0, 0.05) is 23.7 Å². The number of rotatable bonds is 4. The Morgan fingerprint density at radius 3 is 2.45 bits per heavy atom. The summed E-state index contributed by atoms with van der Waals surface area (Å²) in [7, 11) is 0. The van der Waals surface area contributed by atoms with E-state index >= 15 is 0 Å². The van der Waals surface area contributed by atoms with E-state index in [1.807, 2.05) is 41.3 Å². The molecule has 0 unspecified atom stereocenters. The fourth-order valence-corrected chi connectivity index (χ4v) is 3.21. The molecular weight excluding hydrogens is 318 g/mol. The molecule has 6 heteroatoms. The summed E-state index contributed by atoms with van der Waals surface area (Å²) in [5.74, 6) is 0.612.